The summed E-state index contributed by atoms with van der Waals surface area (Å²) in [6, 6.07) is 2.82. The highest BCUT2D eigenvalue weighted by Gasteiger charge is 2.17. The molecule has 0 unspecified atom stereocenters. The van der Waals surface area contributed by atoms with Crippen LogP contribution in [0.3, 0.4) is 0 Å². The molecular formula is C7H11NO3S. The Balaban J connectivity index is 2.88. The number of furan rings is 1. The first kappa shape index (κ1) is 9.28. The van der Waals surface area contributed by atoms with Crippen LogP contribution in [0.25, 0.3) is 0 Å². The van der Waals surface area contributed by atoms with Crippen LogP contribution in [0.4, 0.5) is 0 Å². The molecule has 0 radical (unpaired) electrons. The molecule has 0 aromatic carbocycles. The molecule has 0 aliphatic carbocycles. The van der Waals surface area contributed by atoms with Crippen molar-refractivity contribution in [1.82, 2.24) is 4.72 Å². The van der Waals surface area contributed by atoms with E-state index in [-0.39, 0.29) is 11.1 Å². The third-order valence-corrected chi connectivity index (χ3v) is 2.69. The van der Waals surface area contributed by atoms with Crippen molar-refractivity contribution >= 4 is 10.0 Å². The van der Waals surface area contributed by atoms with Crippen molar-refractivity contribution in [3.8, 4) is 0 Å². The summed E-state index contributed by atoms with van der Waals surface area (Å²) >= 11 is 0. The molecule has 68 valence electrons. The average molecular weight is 189 g/mol. The maximum absolute atomic E-state index is 11.3. The summed E-state index contributed by atoms with van der Waals surface area (Å²) in [4.78, 5) is 0. The highest BCUT2D eigenvalue weighted by atomic mass is 32.2. The Bertz CT molecular complexity index is 326. The van der Waals surface area contributed by atoms with Crippen molar-refractivity contribution in [3.63, 3.8) is 0 Å². The van der Waals surface area contributed by atoms with E-state index in [4.69, 9.17) is 4.42 Å². The van der Waals surface area contributed by atoms with Crippen LogP contribution in [0.1, 0.15) is 13.8 Å². The number of rotatable bonds is 3. The van der Waals surface area contributed by atoms with E-state index in [2.05, 4.69) is 4.72 Å². The Morgan fingerprint density at radius 3 is 2.58 bits per heavy atom. The van der Waals surface area contributed by atoms with Crippen LogP contribution >= 0.6 is 0 Å². The largest absolute Gasteiger partial charge is 0.452 e. The second-order valence-corrected chi connectivity index (χ2v) is 4.35. The summed E-state index contributed by atoms with van der Waals surface area (Å²) in [5.74, 6) is 0. The Morgan fingerprint density at radius 1 is 1.50 bits per heavy atom. The van der Waals surface area contributed by atoms with Crippen LogP contribution in [0.2, 0.25) is 0 Å². The van der Waals surface area contributed by atoms with Crippen LogP contribution in [-0.4, -0.2) is 14.5 Å². The molecule has 0 saturated carbocycles. The van der Waals surface area contributed by atoms with Crippen molar-refractivity contribution in [2.75, 3.05) is 0 Å². The van der Waals surface area contributed by atoms with Crippen LogP contribution in [-0.2, 0) is 10.0 Å². The molecule has 0 spiro atoms. The molecule has 0 fully saturated rings. The zero-order valence-corrected chi connectivity index (χ0v) is 7.76. The van der Waals surface area contributed by atoms with Crippen LogP contribution in [0.5, 0.6) is 0 Å². The molecular weight excluding hydrogens is 178 g/mol. The fourth-order valence-corrected chi connectivity index (χ4v) is 1.96. The van der Waals surface area contributed by atoms with Gasteiger partial charge < -0.3 is 4.42 Å². The second kappa shape index (κ2) is 3.28. The molecule has 1 heterocycles. The third-order valence-electron chi connectivity index (χ3n) is 1.15. The van der Waals surface area contributed by atoms with Gasteiger partial charge in [-0.3, -0.25) is 0 Å². The minimum atomic E-state index is -3.43. The van der Waals surface area contributed by atoms with Crippen LogP contribution in [0.15, 0.2) is 27.9 Å². The van der Waals surface area contributed by atoms with E-state index in [1.165, 1.54) is 18.4 Å². The van der Waals surface area contributed by atoms with E-state index in [0.717, 1.165) is 0 Å². The highest BCUT2D eigenvalue weighted by molar-refractivity contribution is 7.89. The number of sulfonamides is 1. The molecule has 0 amide bonds. The smallest absolute Gasteiger partial charge is 0.274 e. The summed E-state index contributed by atoms with van der Waals surface area (Å²) in [7, 11) is -3.43. The molecule has 0 bridgehead atoms. The lowest BCUT2D eigenvalue weighted by Gasteiger charge is -2.05. The van der Waals surface area contributed by atoms with E-state index in [1.54, 1.807) is 13.8 Å². The lowest BCUT2D eigenvalue weighted by Crippen LogP contribution is -2.29. The van der Waals surface area contributed by atoms with Crippen molar-refractivity contribution < 1.29 is 12.8 Å². The summed E-state index contributed by atoms with van der Waals surface area (Å²) in [5.41, 5.74) is 0. The predicted octanol–water partition coefficient (Wildman–Crippen LogP) is 0.966. The molecule has 0 atom stereocenters. The van der Waals surface area contributed by atoms with Crippen molar-refractivity contribution in [2.45, 2.75) is 25.0 Å². The summed E-state index contributed by atoms with van der Waals surface area (Å²) in [6.45, 7) is 3.50. The van der Waals surface area contributed by atoms with E-state index in [1.807, 2.05) is 0 Å². The maximum atomic E-state index is 11.3. The molecule has 0 aliphatic heterocycles. The van der Waals surface area contributed by atoms with E-state index in [9.17, 15) is 8.42 Å². The molecule has 1 aromatic heterocycles. The van der Waals surface area contributed by atoms with Gasteiger partial charge in [-0.15, -0.1) is 0 Å². The average Bonchev–Trinajstić information content (AvgIpc) is 2.32. The van der Waals surface area contributed by atoms with E-state index >= 15 is 0 Å². The Labute approximate surface area is 71.6 Å². The Hall–Kier alpha value is -0.810. The fraction of sp³-hybridized carbons (Fsp3) is 0.429. The summed E-state index contributed by atoms with van der Waals surface area (Å²) in [6.07, 6.45) is 1.33. The van der Waals surface area contributed by atoms with Gasteiger partial charge in [0.05, 0.1) is 6.26 Å². The second-order valence-electron chi connectivity index (χ2n) is 2.71. The predicted molar refractivity (Wildman–Crippen MR) is 44.2 cm³/mol. The van der Waals surface area contributed by atoms with Gasteiger partial charge in [0.1, 0.15) is 0 Å². The van der Waals surface area contributed by atoms with Gasteiger partial charge in [-0.1, -0.05) is 0 Å². The minimum Gasteiger partial charge on any atom is -0.452 e. The van der Waals surface area contributed by atoms with Crippen molar-refractivity contribution in [3.05, 3.63) is 18.4 Å². The van der Waals surface area contributed by atoms with Gasteiger partial charge in [-0.05, 0) is 26.0 Å². The number of hydrogen-bond acceptors (Lipinski definition) is 3. The van der Waals surface area contributed by atoms with Crippen molar-refractivity contribution in [1.29, 1.82) is 0 Å². The lowest BCUT2D eigenvalue weighted by molar-refractivity contribution is 0.443. The standard InChI is InChI=1S/C7H11NO3S/c1-6(2)8-12(9,10)7-4-3-5-11-7/h3-6,8H,1-2H3. The van der Waals surface area contributed by atoms with Gasteiger partial charge in [-0.2, -0.15) is 0 Å². The molecule has 1 aromatic rings. The molecule has 0 aliphatic rings. The van der Waals surface area contributed by atoms with Crippen LogP contribution in [0, 0.1) is 0 Å². The van der Waals surface area contributed by atoms with Gasteiger partial charge in [0.25, 0.3) is 10.0 Å². The molecule has 12 heavy (non-hydrogen) atoms. The monoisotopic (exact) mass is 189 g/mol. The first-order chi connectivity index (χ1) is 5.52. The van der Waals surface area contributed by atoms with Gasteiger partial charge in [0.15, 0.2) is 0 Å². The maximum Gasteiger partial charge on any atom is 0.274 e. The van der Waals surface area contributed by atoms with Gasteiger partial charge in [0.2, 0.25) is 5.09 Å². The molecule has 1 rings (SSSR count). The summed E-state index contributed by atoms with van der Waals surface area (Å²) < 4.78 is 29.7. The van der Waals surface area contributed by atoms with Crippen LogP contribution < -0.4 is 4.72 Å². The SMILES string of the molecule is CC(C)NS(=O)(=O)c1ccco1. The van der Waals surface area contributed by atoms with Gasteiger partial charge in [-0.25, -0.2) is 13.1 Å². The third kappa shape index (κ3) is 2.09. The molecule has 4 nitrogen and oxygen atoms in total. The number of hydrogen-bond donors (Lipinski definition) is 1. The highest BCUT2D eigenvalue weighted by Crippen LogP contribution is 2.08. The van der Waals surface area contributed by atoms with Crippen molar-refractivity contribution in [2.24, 2.45) is 0 Å². The lowest BCUT2D eigenvalue weighted by atomic mass is 10.4. The van der Waals surface area contributed by atoms with E-state index in [0.29, 0.717) is 0 Å². The molecule has 0 saturated heterocycles. The number of nitrogens with one attached hydrogen (secondary N) is 1. The zero-order chi connectivity index (χ0) is 9.19. The van der Waals surface area contributed by atoms with Gasteiger partial charge in [0, 0.05) is 6.04 Å². The van der Waals surface area contributed by atoms with E-state index < -0.39 is 10.0 Å². The fourth-order valence-electron chi connectivity index (χ4n) is 0.785. The Morgan fingerprint density at radius 2 is 2.17 bits per heavy atom. The zero-order valence-electron chi connectivity index (χ0n) is 6.94. The topological polar surface area (TPSA) is 59.3 Å². The molecule has 5 heteroatoms. The quantitative estimate of drug-likeness (QED) is 0.770. The Kier molecular flexibility index (Phi) is 2.54. The first-order valence-corrected chi connectivity index (χ1v) is 5.06. The first-order valence-electron chi connectivity index (χ1n) is 3.58. The molecule has 1 N–H and O–H groups in total. The minimum absolute atomic E-state index is 0.0452. The van der Waals surface area contributed by atoms with Gasteiger partial charge >= 0.3 is 0 Å². The normalized spacial score (nSPS) is 12.2. The summed E-state index contributed by atoms with van der Waals surface area (Å²) in [5, 5.41) is -0.0452.